The number of hydrogen-bond donors (Lipinski definition) is 0. The van der Waals surface area contributed by atoms with Gasteiger partial charge in [-0.3, -0.25) is 9.78 Å². The summed E-state index contributed by atoms with van der Waals surface area (Å²) in [5, 5.41) is 0.694. The molecule has 1 fully saturated rings. The van der Waals surface area contributed by atoms with E-state index in [9.17, 15) is 14.0 Å². The molecule has 0 aliphatic carbocycles. The summed E-state index contributed by atoms with van der Waals surface area (Å²) in [7, 11) is 4.21. The van der Waals surface area contributed by atoms with Crippen LogP contribution in [0.1, 0.15) is 24.8 Å². The quantitative estimate of drug-likeness (QED) is 0.688. The van der Waals surface area contributed by atoms with E-state index in [1.807, 2.05) is 0 Å². The number of pyridine rings is 1. The average molecular weight is 404 g/mol. The molecule has 0 spiro atoms. The van der Waals surface area contributed by atoms with Crippen molar-refractivity contribution in [2.24, 2.45) is 5.41 Å². The molecule has 0 saturated carbocycles. The number of esters is 1. The molecule has 7 nitrogen and oxygen atoms in total. The number of benzene rings is 1. The maximum absolute atomic E-state index is 14.5. The Labute approximate surface area is 168 Å². The zero-order valence-electron chi connectivity index (χ0n) is 16.9. The number of aryl methyl sites for hydroxylation is 1. The molecule has 156 valence electrons. The molecule has 1 aromatic carbocycles. The third-order valence-electron chi connectivity index (χ3n) is 5.62. The molecule has 1 amide bonds. The van der Waals surface area contributed by atoms with E-state index >= 15 is 0 Å². The first kappa shape index (κ1) is 20.8. The highest BCUT2D eigenvalue weighted by Gasteiger charge is 2.46. The number of amides is 1. The van der Waals surface area contributed by atoms with Crippen LogP contribution in [0.25, 0.3) is 10.9 Å². The number of carbonyl (C=O) groups excluding carboxylic acids is 2. The van der Waals surface area contributed by atoms with Crippen molar-refractivity contribution in [2.45, 2.75) is 25.7 Å². The highest BCUT2D eigenvalue weighted by Crippen LogP contribution is 2.38. The third kappa shape index (κ3) is 4.11. The van der Waals surface area contributed by atoms with Gasteiger partial charge in [-0.25, -0.2) is 9.18 Å². The first-order chi connectivity index (χ1) is 13.9. The van der Waals surface area contributed by atoms with Gasteiger partial charge in [-0.1, -0.05) is 0 Å². The van der Waals surface area contributed by atoms with Crippen molar-refractivity contribution in [3.8, 4) is 5.75 Å². The summed E-state index contributed by atoms with van der Waals surface area (Å²) in [5.41, 5.74) is 0.416. The maximum atomic E-state index is 14.5. The first-order valence-electron chi connectivity index (χ1n) is 9.46. The highest BCUT2D eigenvalue weighted by atomic mass is 19.1. The van der Waals surface area contributed by atoms with Gasteiger partial charge in [0.2, 0.25) is 0 Å². The predicted molar refractivity (Wildman–Crippen MR) is 104 cm³/mol. The Hall–Kier alpha value is -2.90. The predicted octanol–water partition coefficient (Wildman–Crippen LogP) is 3.34. The topological polar surface area (TPSA) is 78.0 Å². The number of hydrogen-bond acceptors (Lipinski definition) is 6. The maximum Gasteiger partial charge on any atom is 0.409 e. The molecule has 0 radical (unpaired) electrons. The number of aromatic nitrogens is 1. The molecule has 1 aromatic heterocycles. The van der Waals surface area contributed by atoms with Gasteiger partial charge in [0.05, 0.1) is 38.5 Å². The number of likely N-dealkylation sites (tertiary alicyclic amines) is 1. The standard InChI is InChI=1S/C21H25FN2O5/c1-27-14-6-7-18-16(11-14)15(17(22)12-23-18)5-4-8-21(19(25)28-2)9-10-24(13-21)20(26)29-3/h6-7,11-12H,4-5,8-10,13H2,1-3H3. The minimum absolute atomic E-state index is 0.236. The van der Waals surface area contributed by atoms with Crippen LogP contribution in [0.5, 0.6) is 5.75 Å². The van der Waals surface area contributed by atoms with Gasteiger partial charge in [0.1, 0.15) is 11.6 Å². The van der Waals surface area contributed by atoms with Gasteiger partial charge in [-0.2, -0.15) is 0 Å². The number of nitrogens with zero attached hydrogens (tertiary/aromatic N) is 2. The monoisotopic (exact) mass is 404 g/mol. The fourth-order valence-electron chi connectivity index (χ4n) is 4.03. The molecule has 1 unspecified atom stereocenters. The van der Waals surface area contributed by atoms with Gasteiger partial charge >= 0.3 is 12.1 Å². The van der Waals surface area contributed by atoms with Crippen LogP contribution in [0.2, 0.25) is 0 Å². The van der Waals surface area contributed by atoms with Gasteiger partial charge in [-0.05, 0) is 49.4 Å². The lowest BCUT2D eigenvalue weighted by molar-refractivity contribution is -0.152. The van der Waals surface area contributed by atoms with E-state index in [0.29, 0.717) is 54.4 Å². The van der Waals surface area contributed by atoms with Crippen molar-refractivity contribution < 1.29 is 28.2 Å². The van der Waals surface area contributed by atoms with Crippen LogP contribution in [0.4, 0.5) is 9.18 Å². The molecular formula is C21H25FN2O5. The Bertz CT molecular complexity index is 919. The van der Waals surface area contributed by atoms with Crippen LogP contribution >= 0.6 is 0 Å². The Balaban J connectivity index is 1.79. The molecule has 1 aliphatic rings. The van der Waals surface area contributed by atoms with E-state index in [1.165, 1.54) is 25.3 Å². The second-order valence-electron chi connectivity index (χ2n) is 7.23. The smallest absolute Gasteiger partial charge is 0.409 e. The van der Waals surface area contributed by atoms with Gasteiger partial charge in [-0.15, -0.1) is 0 Å². The summed E-state index contributed by atoms with van der Waals surface area (Å²) in [4.78, 5) is 30.0. The molecule has 29 heavy (non-hydrogen) atoms. The van der Waals surface area contributed by atoms with Crippen LogP contribution in [-0.4, -0.2) is 56.4 Å². The van der Waals surface area contributed by atoms with Crippen molar-refractivity contribution in [2.75, 3.05) is 34.4 Å². The number of ether oxygens (including phenoxy) is 3. The zero-order valence-corrected chi connectivity index (χ0v) is 16.9. The van der Waals surface area contributed by atoms with Crippen molar-refractivity contribution in [3.05, 3.63) is 35.8 Å². The second kappa shape index (κ2) is 8.63. The van der Waals surface area contributed by atoms with Gasteiger partial charge in [0, 0.05) is 18.5 Å². The van der Waals surface area contributed by atoms with E-state index < -0.39 is 11.5 Å². The fraction of sp³-hybridized carbons (Fsp3) is 0.476. The van der Waals surface area contributed by atoms with Crippen LogP contribution in [0.15, 0.2) is 24.4 Å². The Morgan fingerprint density at radius 3 is 2.72 bits per heavy atom. The van der Waals surface area contributed by atoms with Gasteiger partial charge in [0.15, 0.2) is 0 Å². The summed E-state index contributed by atoms with van der Waals surface area (Å²) in [6, 6.07) is 5.34. The molecule has 0 N–H and O–H groups in total. The molecule has 0 bridgehead atoms. The number of fused-ring (bicyclic) bond motifs is 1. The third-order valence-corrected chi connectivity index (χ3v) is 5.62. The minimum atomic E-state index is -0.806. The summed E-state index contributed by atoms with van der Waals surface area (Å²) in [6.07, 6.45) is 2.69. The van der Waals surface area contributed by atoms with Crippen LogP contribution in [0, 0.1) is 11.2 Å². The van der Waals surface area contributed by atoms with Crippen molar-refractivity contribution >= 4 is 23.0 Å². The van der Waals surface area contributed by atoms with Crippen molar-refractivity contribution in [1.82, 2.24) is 9.88 Å². The Morgan fingerprint density at radius 1 is 1.24 bits per heavy atom. The van der Waals surface area contributed by atoms with E-state index in [1.54, 1.807) is 25.3 Å². The normalized spacial score (nSPS) is 18.7. The van der Waals surface area contributed by atoms with Gasteiger partial charge in [0.25, 0.3) is 0 Å². The average Bonchev–Trinajstić information content (AvgIpc) is 3.19. The van der Waals surface area contributed by atoms with Gasteiger partial charge < -0.3 is 19.1 Å². The van der Waals surface area contributed by atoms with Crippen molar-refractivity contribution in [3.63, 3.8) is 0 Å². The Kier molecular flexibility index (Phi) is 6.20. The molecule has 3 rings (SSSR count). The fourth-order valence-corrected chi connectivity index (χ4v) is 4.03. The second-order valence-corrected chi connectivity index (χ2v) is 7.23. The number of halogens is 1. The van der Waals surface area contributed by atoms with Crippen molar-refractivity contribution in [1.29, 1.82) is 0 Å². The molecule has 2 aromatic rings. The number of methoxy groups -OCH3 is 3. The SMILES string of the molecule is COC(=O)N1CCC(CCCc2c(F)cnc3ccc(OC)cc23)(C(=O)OC)C1. The lowest BCUT2D eigenvalue weighted by atomic mass is 9.81. The summed E-state index contributed by atoms with van der Waals surface area (Å²) < 4.78 is 29.5. The minimum Gasteiger partial charge on any atom is -0.497 e. The van der Waals surface area contributed by atoms with Crippen LogP contribution in [-0.2, 0) is 20.7 Å². The first-order valence-corrected chi connectivity index (χ1v) is 9.46. The molecule has 8 heteroatoms. The van der Waals surface area contributed by atoms with Crippen LogP contribution in [0.3, 0.4) is 0 Å². The van der Waals surface area contributed by atoms with E-state index in [0.717, 1.165) is 0 Å². The molecule has 1 aliphatic heterocycles. The lowest BCUT2D eigenvalue weighted by Crippen LogP contribution is -2.37. The molecule has 1 saturated heterocycles. The molecular weight excluding hydrogens is 379 g/mol. The zero-order chi connectivity index (χ0) is 21.0. The molecule has 2 heterocycles. The number of carbonyl (C=O) groups is 2. The summed E-state index contributed by atoms with van der Waals surface area (Å²) in [5.74, 6) is -0.118. The van der Waals surface area contributed by atoms with Crippen LogP contribution < -0.4 is 4.74 Å². The van der Waals surface area contributed by atoms with E-state index in [-0.39, 0.29) is 18.3 Å². The Morgan fingerprint density at radius 2 is 2.03 bits per heavy atom. The van der Waals surface area contributed by atoms with E-state index in [2.05, 4.69) is 4.98 Å². The van der Waals surface area contributed by atoms with E-state index in [4.69, 9.17) is 14.2 Å². The summed E-state index contributed by atoms with van der Waals surface area (Å²) in [6.45, 7) is 0.658. The summed E-state index contributed by atoms with van der Waals surface area (Å²) >= 11 is 0. The largest absolute Gasteiger partial charge is 0.497 e. The lowest BCUT2D eigenvalue weighted by Gasteiger charge is -2.26. The number of rotatable bonds is 6. The molecule has 1 atom stereocenters. The highest BCUT2D eigenvalue weighted by molar-refractivity contribution is 5.84.